The SMILES string of the molecule is NCC1(C(=O)OCCOc2ccccc2)CCCCCC1. The second-order valence-corrected chi connectivity index (χ2v) is 5.70. The van der Waals surface area contributed by atoms with Crippen LogP contribution in [0.3, 0.4) is 0 Å². The van der Waals surface area contributed by atoms with E-state index < -0.39 is 5.41 Å². The number of benzene rings is 1. The summed E-state index contributed by atoms with van der Waals surface area (Å²) in [5, 5.41) is 0. The molecule has 1 fully saturated rings. The van der Waals surface area contributed by atoms with Crippen LogP contribution < -0.4 is 10.5 Å². The molecule has 0 saturated heterocycles. The number of carbonyl (C=O) groups excluding carboxylic acids is 1. The molecular formula is C17H25NO3. The van der Waals surface area contributed by atoms with E-state index in [-0.39, 0.29) is 12.6 Å². The highest BCUT2D eigenvalue weighted by Crippen LogP contribution is 2.35. The summed E-state index contributed by atoms with van der Waals surface area (Å²) in [4.78, 5) is 12.4. The summed E-state index contributed by atoms with van der Waals surface area (Å²) >= 11 is 0. The molecule has 2 N–H and O–H groups in total. The largest absolute Gasteiger partial charge is 0.490 e. The van der Waals surface area contributed by atoms with Gasteiger partial charge in [-0.05, 0) is 25.0 Å². The fourth-order valence-corrected chi connectivity index (χ4v) is 2.86. The molecule has 0 amide bonds. The zero-order chi connectivity index (χ0) is 15.0. The Balaban J connectivity index is 1.77. The van der Waals surface area contributed by atoms with E-state index >= 15 is 0 Å². The Morgan fingerprint density at radius 3 is 2.33 bits per heavy atom. The highest BCUT2D eigenvalue weighted by molar-refractivity contribution is 5.77. The molecule has 1 saturated carbocycles. The van der Waals surface area contributed by atoms with E-state index in [2.05, 4.69) is 0 Å². The molecule has 1 aromatic rings. The molecule has 116 valence electrons. The van der Waals surface area contributed by atoms with Crippen molar-refractivity contribution in [3.8, 4) is 5.75 Å². The molecule has 0 atom stereocenters. The van der Waals surface area contributed by atoms with Gasteiger partial charge in [-0.15, -0.1) is 0 Å². The molecule has 0 heterocycles. The van der Waals surface area contributed by atoms with Crippen LogP contribution in [0, 0.1) is 5.41 Å². The summed E-state index contributed by atoms with van der Waals surface area (Å²) in [6.07, 6.45) is 6.20. The van der Waals surface area contributed by atoms with Crippen LogP contribution in [0.1, 0.15) is 38.5 Å². The predicted octanol–water partition coefficient (Wildman–Crippen LogP) is 2.91. The smallest absolute Gasteiger partial charge is 0.313 e. The van der Waals surface area contributed by atoms with Crippen LogP contribution in [0.4, 0.5) is 0 Å². The minimum Gasteiger partial charge on any atom is -0.490 e. The quantitative estimate of drug-likeness (QED) is 0.497. The second-order valence-electron chi connectivity index (χ2n) is 5.70. The Bertz CT molecular complexity index is 425. The first-order valence-corrected chi connectivity index (χ1v) is 7.82. The van der Waals surface area contributed by atoms with E-state index in [1.807, 2.05) is 30.3 Å². The first-order chi connectivity index (χ1) is 10.3. The van der Waals surface area contributed by atoms with Gasteiger partial charge in [-0.3, -0.25) is 4.79 Å². The van der Waals surface area contributed by atoms with Crippen molar-refractivity contribution in [2.24, 2.45) is 11.1 Å². The molecule has 0 unspecified atom stereocenters. The molecule has 4 nitrogen and oxygen atoms in total. The molecular weight excluding hydrogens is 266 g/mol. The van der Waals surface area contributed by atoms with Gasteiger partial charge in [0, 0.05) is 6.54 Å². The van der Waals surface area contributed by atoms with Crippen LogP contribution in [-0.4, -0.2) is 25.7 Å². The summed E-state index contributed by atoms with van der Waals surface area (Å²) < 4.78 is 10.9. The zero-order valence-corrected chi connectivity index (χ0v) is 12.6. The molecule has 0 spiro atoms. The number of carbonyl (C=O) groups is 1. The van der Waals surface area contributed by atoms with Crippen molar-refractivity contribution in [3.63, 3.8) is 0 Å². The lowest BCUT2D eigenvalue weighted by molar-refractivity contribution is -0.157. The van der Waals surface area contributed by atoms with Crippen LogP contribution in [0.5, 0.6) is 5.75 Å². The van der Waals surface area contributed by atoms with E-state index in [1.54, 1.807) is 0 Å². The average Bonchev–Trinajstić information content (AvgIpc) is 2.79. The van der Waals surface area contributed by atoms with E-state index in [0.29, 0.717) is 13.2 Å². The maximum Gasteiger partial charge on any atom is 0.313 e. The standard InChI is InChI=1S/C17H25NO3/c18-14-17(10-6-1-2-7-11-17)16(19)21-13-12-20-15-8-4-3-5-9-15/h3-5,8-9H,1-2,6-7,10-14,18H2. The zero-order valence-electron chi connectivity index (χ0n) is 12.6. The highest BCUT2D eigenvalue weighted by Gasteiger charge is 2.38. The van der Waals surface area contributed by atoms with Crippen LogP contribution in [-0.2, 0) is 9.53 Å². The Morgan fingerprint density at radius 1 is 1.05 bits per heavy atom. The number of esters is 1. The topological polar surface area (TPSA) is 61.6 Å². The lowest BCUT2D eigenvalue weighted by Crippen LogP contribution is -2.40. The maximum absolute atomic E-state index is 12.4. The normalized spacial score (nSPS) is 17.8. The molecule has 4 heteroatoms. The number of hydrogen-bond acceptors (Lipinski definition) is 4. The summed E-state index contributed by atoms with van der Waals surface area (Å²) in [5.74, 6) is 0.639. The van der Waals surface area contributed by atoms with Crippen LogP contribution >= 0.6 is 0 Å². The van der Waals surface area contributed by atoms with E-state index in [9.17, 15) is 4.79 Å². The van der Waals surface area contributed by atoms with Gasteiger partial charge in [-0.2, -0.15) is 0 Å². The first-order valence-electron chi connectivity index (χ1n) is 7.82. The minimum atomic E-state index is -0.469. The van der Waals surface area contributed by atoms with Crippen molar-refractivity contribution in [3.05, 3.63) is 30.3 Å². The summed E-state index contributed by atoms with van der Waals surface area (Å²) in [5.41, 5.74) is 5.40. The Morgan fingerprint density at radius 2 is 1.71 bits per heavy atom. The van der Waals surface area contributed by atoms with Gasteiger partial charge in [0.15, 0.2) is 0 Å². The maximum atomic E-state index is 12.4. The van der Waals surface area contributed by atoms with E-state index in [4.69, 9.17) is 15.2 Å². The third-order valence-corrected chi connectivity index (χ3v) is 4.21. The summed E-state index contributed by atoms with van der Waals surface area (Å²) in [6.45, 7) is 1.03. The van der Waals surface area contributed by atoms with E-state index in [0.717, 1.165) is 31.4 Å². The number of nitrogens with two attached hydrogens (primary N) is 1. The van der Waals surface area contributed by atoms with Gasteiger partial charge in [-0.25, -0.2) is 0 Å². The molecule has 2 rings (SSSR count). The predicted molar refractivity (Wildman–Crippen MR) is 82.1 cm³/mol. The second kappa shape index (κ2) is 8.03. The van der Waals surface area contributed by atoms with Crippen molar-refractivity contribution in [1.82, 2.24) is 0 Å². The molecule has 1 aliphatic rings. The van der Waals surface area contributed by atoms with Gasteiger partial charge < -0.3 is 15.2 Å². The van der Waals surface area contributed by atoms with E-state index in [1.165, 1.54) is 12.8 Å². The monoisotopic (exact) mass is 291 g/mol. The van der Waals surface area contributed by atoms with Crippen molar-refractivity contribution in [2.75, 3.05) is 19.8 Å². The van der Waals surface area contributed by atoms with Crippen LogP contribution in [0.25, 0.3) is 0 Å². The van der Waals surface area contributed by atoms with Gasteiger partial charge in [0.1, 0.15) is 19.0 Å². The molecule has 0 aliphatic heterocycles. The lowest BCUT2D eigenvalue weighted by Gasteiger charge is -2.28. The van der Waals surface area contributed by atoms with Crippen molar-refractivity contribution < 1.29 is 14.3 Å². The van der Waals surface area contributed by atoms with Gasteiger partial charge in [-0.1, -0.05) is 43.9 Å². The summed E-state index contributed by atoms with van der Waals surface area (Å²) in [7, 11) is 0. The third-order valence-electron chi connectivity index (χ3n) is 4.21. The van der Waals surface area contributed by atoms with Crippen molar-refractivity contribution >= 4 is 5.97 Å². The molecule has 0 bridgehead atoms. The Labute approximate surface area is 126 Å². The Hall–Kier alpha value is -1.55. The first kappa shape index (κ1) is 15.8. The van der Waals surface area contributed by atoms with Crippen molar-refractivity contribution in [2.45, 2.75) is 38.5 Å². The number of para-hydroxylation sites is 1. The van der Waals surface area contributed by atoms with Crippen LogP contribution in [0.2, 0.25) is 0 Å². The molecule has 1 aromatic carbocycles. The lowest BCUT2D eigenvalue weighted by atomic mass is 9.80. The van der Waals surface area contributed by atoms with Gasteiger partial charge >= 0.3 is 5.97 Å². The number of ether oxygens (including phenoxy) is 2. The highest BCUT2D eigenvalue weighted by atomic mass is 16.6. The van der Waals surface area contributed by atoms with Crippen molar-refractivity contribution in [1.29, 1.82) is 0 Å². The number of rotatable bonds is 6. The average molecular weight is 291 g/mol. The minimum absolute atomic E-state index is 0.149. The summed E-state index contributed by atoms with van der Waals surface area (Å²) in [6, 6.07) is 9.53. The van der Waals surface area contributed by atoms with Gasteiger partial charge in [0.05, 0.1) is 5.41 Å². The molecule has 21 heavy (non-hydrogen) atoms. The van der Waals surface area contributed by atoms with Gasteiger partial charge in [0.2, 0.25) is 0 Å². The number of hydrogen-bond donors (Lipinski definition) is 1. The fraction of sp³-hybridized carbons (Fsp3) is 0.588. The Kier molecular flexibility index (Phi) is 6.05. The van der Waals surface area contributed by atoms with Crippen LogP contribution in [0.15, 0.2) is 30.3 Å². The van der Waals surface area contributed by atoms with Gasteiger partial charge in [0.25, 0.3) is 0 Å². The molecule has 0 aromatic heterocycles. The fourth-order valence-electron chi connectivity index (χ4n) is 2.86. The molecule has 0 radical (unpaired) electrons. The molecule has 1 aliphatic carbocycles. The third kappa shape index (κ3) is 4.46.